The fraction of sp³-hybridized carbons (Fsp3) is 0. The summed E-state index contributed by atoms with van der Waals surface area (Å²) in [5.74, 6) is 0. The van der Waals surface area contributed by atoms with Crippen LogP contribution < -0.4 is 5.14 Å². The molecular weight excluding hydrogens is 259 g/mol. The van der Waals surface area contributed by atoms with E-state index in [1.54, 1.807) is 6.07 Å². The number of fused-ring (bicyclic) bond motifs is 1. The number of hydrogen-bond acceptors (Lipinski definition) is 2. The molecule has 0 fully saturated rings. The molecule has 15 heavy (non-hydrogen) atoms. The van der Waals surface area contributed by atoms with Crippen LogP contribution in [0.4, 0.5) is 0 Å². The van der Waals surface area contributed by atoms with Crippen LogP contribution in [0.5, 0.6) is 0 Å². The van der Waals surface area contributed by atoms with Crippen molar-refractivity contribution < 1.29 is 8.42 Å². The molecule has 0 amide bonds. The lowest BCUT2D eigenvalue weighted by Crippen LogP contribution is -2.11. The van der Waals surface area contributed by atoms with Gasteiger partial charge in [0.05, 0.1) is 15.6 Å². The summed E-state index contributed by atoms with van der Waals surface area (Å²) >= 11 is 11.7. The Hall–Kier alpha value is -0.750. The largest absolute Gasteiger partial charge is 0.359 e. The number of halogens is 2. The number of nitrogens with two attached hydrogens (primary N) is 1. The first-order valence-corrected chi connectivity index (χ1v) is 6.19. The number of hydrogen-bond donors (Lipinski definition) is 2. The highest BCUT2D eigenvalue weighted by Gasteiger charge is 2.16. The third kappa shape index (κ3) is 1.72. The Balaban J connectivity index is 2.90. The zero-order valence-corrected chi connectivity index (χ0v) is 9.62. The van der Waals surface area contributed by atoms with E-state index in [0.29, 0.717) is 15.9 Å². The van der Waals surface area contributed by atoms with Crippen molar-refractivity contribution in [3.8, 4) is 0 Å². The maximum atomic E-state index is 11.2. The van der Waals surface area contributed by atoms with Gasteiger partial charge in [-0.05, 0) is 12.1 Å². The van der Waals surface area contributed by atoms with E-state index in [0.717, 1.165) is 0 Å². The van der Waals surface area contributed by atoms with Gasteiger partial charge in [0.15, 0.2) is 0 Å². The van der Waals surface area contributed by atoms with E-state index < -0.39 is 10.0 Å². The lowest BCUT2D eigenvalue weighted by atomic mass is 10.2. The second kappa shape index (κ2) is 3.38. The zero-order chi connectivity index (χ0) is 11.2. The number of H-pyrrole nitrogens is 1. The molecular formula is C8H6Cl2N2O2S. The second-order valence-electron chi connectivity index (χ2n) is 2.98. The standard InChI is InChI=1S/C8H6Cl2N2O2S/c9-5-2-1-4-6(15(11,13)14)3-12-8(4)7(5)10/h1-3,12H,(H2,11,13,14). The van der Waals surface area contributed by atoms with Crippen LogP contribution in [-0.4, -0.2) is 13.4 Å². The van der Waals surface area contributed by atoms with E-state index >= 15 is 0 Å². The van der Waals surface area contributed by atoms with Gasteiger partial charge in [-0.15, -0.1) is 0 Å². The van der Waals surface area contributed by atoms with Crippen LogP contribution in [0.15, 0.2) is 23.2 Å². The molecule has 0 spiro atoms. The van der Waals surface area contributed by atoms with Crippen LogP contribution in [0.3, 0.4) is 0 Å². The van der Waals surface area contributed by atoms with Gasteiger partial charge >= 0.3 is 0 Å². The first-order chi connectivity index (χ1) is 6.91. The minimum atomic E-state index is -3.75. The summed E-state index contributed by atoms with van der Waals surface area (Å²) in [6, 6.07) is 3.08. The van der Waals surface area contributed by atoms with Crippen LogP contribution in [-0.2, 0) is 10.0 Å². The van der Waals surface area contributed by atoms with E-state index in [1.807, 2.05) is 0 Å². The number of aromatic amines is 1. The Labute approximate surface area is 96.0 Å². The predicted octanol–water partition coefficient (Wildman–Crippen LogP) is 2.12. The molecule has 0 aliphatic carbocycles. The van der Waals surface area contributed by atoms with E-state index in [-0.39, 0.29) is 9.92 Å². The van der Waals surface area contributed by atoms with Crippen molar-refractivity contribution in [2.45, 2.75) is 4.90 Å². The average Bonchev–Trinajstić information content (AvgIpc) is 2.54. The summed E-state index contributed by atoms with van der Waals surface area (Å²) in [6.07, 6.45) is 1.29. The molecule has 1 heterocycles. The van der Waals surface area contributed by atoms with Crippen molar-refractivity contribution in [2.24, 2.45) is 5.14 Å². The lowest BCUT2D eigenvalue weighted by Gasteiger charge is -1.98. The normalized spacial score (nSPS) is 12.2. The molecule has 1 aromatic heterocycles. The SMILES string of the molecule is NS(=O)(=O)c1c[nH]c2c(Cl)c(Cl)ccc12. The fourth-order valence-electron chi connectivity index (χ4n) is 1.35. The Morgan fingerprint density at radius 3 is 2.53 bits per heavy atom. The molecule has 1 aromatic carbocycles. The lowest BCUT2D eigenvalue weighted by molar-refractivity contribution is 0.598. The van der Waals surface area contributed by atoms with Gasteiger partial charge in [-0.3, -0.25) is 0 Å². The van der Waals surface area contributed by atoms with Crippen molar-refractivity contribution in [1.82, 2.24) is 4.98 Å². The summed E-state index contributed by atoms with van der Waals surface area (Å²) in [7, 11) is -3.75. The van der Waals surface area contributed by atoms with E-state index in [4.69, 9.17) is 28.3 Å². The molecule has 4 nitrogen and oxygen atoms in total. The van der Waals surface area contributed by atoms with Crippen molar-refractivity contribution in [3.05, 3.63) is 28.4 Å². The monoisotopic (exact) mass is 264 g/mol. The van der Waals surface area contributed by atoms with E-state index in [1.165, 1.54) is 12.3 Å². The summed E-state index contributed by atoms with van der Waals surface area (Å²) in [5, 5.41) is 6.10. The first kappa shape index (κ1) is 10.8. The molecule has 0 aliphatic rings. The Kier molecular flexibility index (Phi) is 2.42. The molecule has 0 saturated carbocycles. The molecule has 0 bridgehead atoms. The van der Waals surface area contributed by atoms with E-state index in [9.17, 15) is 8.42 Å². The molecule has 2 aromatic rings. The van der Waals surface area contributed by atoms with Gasteiger partial charge in [0.25, 0.3) is 0 Å². The minimum Gasteiger partial charge on any atom is -0.359 e. The summed E-state index contributed by atoms with van der Waals surface area (Å²) in [4.78, 5) is 2.74. The van der Waals surface area contributed by atoms with Gasteiger partial charge in [0.1, 0.15) is 4.90 Å². The molecule has 3 N–H and O–H groups in total. The van der Waals surface area contributed by atoms with Crippen LogP contribution >= 0.6 is 23.2 Å². The Bertz CT molecular complexity index is 633. The summed E-state index contributed by atoms with van der Waals surface area (Å²) < 4.78 is 22.4. The molecule has 2 rings (SSSR count). The summed E-state index contributed by atoms with van der Waals surface area (Å²) in [5.41, 5.74) is 0.466. The topological polar surface area (TPSA) is 76.0 Å². The fourth-order valence-corrected chi connectivity index (χ4v) is 2.42. The smallest absolute Gasteiger partial charge is 0.240 e. The molecule has 0 radical (unpaired) electrons. The molecule has 0 unspecified atom stereocenters. The minimum absolute atomic E-state index is 0.0102. The molecule has 0 atom stereocenters. The highest BCUT2D eigenvalue weighted by Crippen LogP contribution is 2.32. The number of rotatable bonds is 1. The zero-order valence-electron chi connectivity index (χ0n) is 7.29. The number of sulfonamides is 1. The van der Waals surface area contributed by atoms with Crippen LogP contribution in [0.1, 0.15) is 0 Å². The van der Waals surface area contributed by atoms with Gasteiger partial charge in [0, 0.05) is 11.6 Å². The third-order valence-electron chi connectivity index (χ3n) is 2.01. The Morgan fingerprint density at radius 1 is 1.27 bits per heavy atom. The van der Waals surface area contributed by atoms with Crippen LogP contribution in [0.2, 0.25) is 10.0 Å². The van der Waals surface area contributed by atoms with Crippen molar-refractivity contribution >= 4 is 44.1 Å². The molecule has 80 valence electrons. The van der Waals surface area contributed by atoms with Gasteiger partial charge in [-0.2, -0.15) is 0 Å². The van der Waals surface area contributed by atoms with E-state index in [2.05, 4.69) is 4.98 Å². The molecule has 0 aliphatic heterocycles. The van der Waals surface area contributed by atoms with Crippen molar-refractivity contribution in [1.29, 1.82) is 0 Å². The number of primary sulfonamides is 1. The van der Waals surface area contributed by atoms with Gasteiger partial charge < -0.3 is 4.98 Å². The third-order valence-corrected chi connectivity index (χ3v) is 3.77. The van der Waals surface area contributed by atoms with Gasteiger partial charge in [-0.1, -0.05) is 23.2 Å². The number of nitrogens with one attached hydrogen (secondary N) is 1. The van der Waals surface area contributed by atoms with Crippen molar-refractivity contribution in [2.75, 3.05) is 0 Å². The highest BCUT2D eigenvalue weighted by molar-refractivity contribution is 7.89. The predicted molar refractivity (Wildman–Crippen MR) is 59.7 cm³/mol. The maximum absolute atomic E-state index is 11.2. The van der Waals surface area contributed by atoms with Gasteiger partial charge in [-0.25, -0.2) is 13.6 Å². The summed E-state index contributed by atoms with van der Waals surface area (Å²) in [6.45, 7) is 0. The average molecular weight is 265 g/mol. The second-order valence-corrected chi connectivity index (χ2v) is 5.30. The van der Waals surface area contributed by atoms with Gasteiger partial charge in [0.2, 0.25) is 10.0 Å². The number of aromatic nitrogens is 1. The van der Waals surface area contributed by atoms with Crippen LogP contribution in [0, 0.1) is 0 Å². The Morgan fingerprint density at radius 2 is 1.93 bits per heavy atom. The number of benzene rings is 1. The van der Waals surface area contributed by atoms with Crippen molar-refractivity contribution in [3.63, 3.8) is 0 Å². The maximum Gasteiger partial charge on any atom is 0.240 e. The molecule has 7 heteroatoms. The molecule has 0 saturated heterocycles. The quantitative estimate of drug-likeness (QED) is 0.828. The van der Waals surface area contributed by atoms with Crippen LogP contribution in [0.25, 0.3) is 10.9 Å². The first-order valence-electron chi connectivity index (χ1n) is 3.89. The highest BCUT2D eigenvalue weighted by atomic mass is 35.5.